The van der Waals surface area contributed by atoms with Crippen molar-refractivity contribution in [3.8, 4) is 0 Å². The van der Waals surface area contributed by atoms with Crippen molar-refractivity contribution < 1.29 is 4.79 Å². The van der Waals surface area contributed by atoms with Gasteiger partial charge < -0.3 is 10.6 Å². The number of aromatic nitrogens is 2. The number of carbonyl (C=O) groups is 1. The molecular formula is C17H16N4OS. The molecule has 5 nitrogen and oxygen atoms in total. The predicted molar refractivity (Wildman–Crippen MR) is 93.5 cm³/mol. The normalized spacial score (nSPS) is 10.3. The number of amides is 1. The van der Waals surface area contributed by atoms with Gasteiger partial charge in [-0.05, 0) is 43.2 Å². The third-order valence-electron chi connectivity index (χ3n) is 3.49. The zero-order valence-electron chi connectivity index (χ0n) is 12.8. The summed E-state index contributed by atoms with van der Waals surface area (Å²) in [7, 11) is 0. The molecule has 6 heteroatoms. The Morgan fingerprint density at radius 3 is 2.78 bits per heavy atom. The minimum atomic E-state index is -0.218. The van der Waals surface area contributed by atoms with Crippen molar-refractivity contribution in [3.63, 3.8) is 0 Å². The van der Waals surface area contributed by atoms with Crippen LogP contribution in [0.1, 0.15) is 21.6 Å². The number of benzene rings is 1. The molecule has 1 aromatic carbocycles. The zero-order chi connectivity index (χ0) is 16.2. The summed E-state index contributed by atoms with van der Waals surface area (Å²) in [6, 6.07) is 11.4. The van der Waals surface area contributed by atoms with Gasteiger partial charge in [0.15, 0.2) is 5.13 Å². The summed E-state index contributed by atoms with van der Waals surface area (Å²) in [6.45, 7) is 4.00. The van der Waals surface area contributed by atoms with Crippen molar-refractivity contribution >= 4 is 33.9 Å². The van der Waals surface area contributed by atoms with Crippen molar-refractivity contribution in [3.05, 3.63) is 64.8 Å². The summed E-state index contributed by atoms with van der Waals surface area (Å²) in [6.07, 6.45) is 1.70. The maximum Gasteiger partial charge on any atom is 0.275 e. The molecule has 2 aromatic heterocycles. The van der Waals surface area contributed by atoms with E-state index in [1.165, 1.54) is 11.3 Å². The monoisotopic (exact) mass is 324 g/mol. The van der Waals surface area contributed by atoms with Crippen molar-refractivity contribution in [1.82, 2.24) is 9.97 Å². The van der Waals surface area contributed by atoms with E-state index in [0.717, 1.165) is 16.8 Å². The van der Waals surface area contributed by atoms with Crippen LogP contribution in [0.5, 0.6) is 0 Å². The summed E-state index contributed by atoms with van der Waals surface area (Å²) < 4.78 is 0. The van der Waals surface area contributed by atoms with Crippen molar-refractivity contribution in [2.75, 3.05) is 10.6 Å². The molecule has 0 saturated carbocycles. The van der Waals surface area contributed by atoms with Gasteiger partial charge in [-0.3, -0.25) is 4.79 Å². The molecule has 0 atom stereocenters. The maximum absolute atomic E-state index is 12.3. The minimum absolute atomic E-state index is 0.218. The van der Waals surface area contributed by atoms with Crippen LogP contribution < -0.4 is 10.6 Å². The van der Waals surface area contributed by atoms with Crippen LogP contribution in [0.15, 0.2) is 48.0 Å². The molecule has 0 bridgehead atoms. The van der Waals surface area contributed by atoms with E-state index in [9.17, 15) is 4.79 Å². The lowest BCUT2D eigenvalue weighted by Crippen LogP contribution is -2.13. The van der Waals surface area contributed by atoms with Gasteiger partial charge in [0.25, 0.3) is 5.91 Å². The Kier molecular flexibility index (Phi) is 4.34. The van der Waals surface area contributed by atoms with E-state index >= 15 is 0 Å². The summed E-state index contributed by atoms with van der Waals surface area (Å²) >= 11 is 1.37. The molecule has 0 saturated heterocycles. The lowest BCUT2D eigenvalue weighted by atomic mass is 10.1. The molecule has 0 aliphatic heterocycles. The SMILES string of the molecule is Cc1cccc(NC(=O)c2csc(Nc3ccccn3)n2)c1C. The quantitative estimate of drug-likeness (QED) is 0.756. The van der Waals surface area contributed by atoms with Crippen molar-refractivity contribution in [2.45, 2.75) is 13.8 Å². The zero-order valence-corrected chi connectivity index (χ0v) is 13.6. The number of thiazole rings is 1. The number of hydrogen-bond donors (Lipinski definition) is 2. The van der Waals surface area contributed by atoms with Crippen LogP contribution in [-0.2, 0) is 0 Å². The number of pyridine rings is 1. The standard InChI is InChI=1S/C17H16N4OS/c1-11-6-5-7-13(12(11)2)19-16(22)14-10-23-17(20-14)21-15-8-3-4-9-18-15/h3-10H,1-2H3,(H,19,22)(H,18,20,21). The van der Waals surface area contributed by atoms with E-state index in [2.05, 4.69) is 20.6 Å². The summed E-state index contributed by atoms with van der Waals surface area (Å²) in [5.41, 5.74) is 3.39. The first-order valence-electron chi connectivity index (χ1n) is 7.14. The Bertz CT molecular complexity index is 830. The highest BCUT2D eigenvalue weighted by Gasteiger charge is 2.12. The van der Waals surface area contributed by atoms with Gasteiger partial charge in [0.2, 0.25) is 0 Å². The molecule has 0 spiro atoms. The Labute approximate surface area is 138 Å². The van der Waals surface area contributed by atoms with Crippen LogP contribution >= 0.6 is 11.3 Å². The molecule has 0 aliphatic rings. The fourth-order valence-corrected chi connectivity index (χ4v) is 2.75. The molecule has 0 radical (unpaired) electrons. The second kappa shape index (κ2) is 6.58. The van der Waals surface area contributed by atoms with Crippen LogP contribution in [0.2, 0.25) is 0 Å². The van der Waals surface area contributed by atoms with Gasteiger partial charge >= 0.3 is 0 Å². The summed E-state index contributed by atoms with van der Waals surface area (Å²) in [5, 5.41) is 8.35. The number of carbonyl (C=O) groups excluding carboxylic acids is 1. The highest BCUT2D eigenvalue weighted by atomic mass is 32.1. The lowest BCUT2D eigenvalue weighted by Gasteiger charge is -2.09. The van der Waals surface area contributed by atoms with Crippen molar-refractivity contribution in [2.24, 2.45) is 0 Å². The molecule has 116 valence electrons. The van der Waals surface area contributed by atoms with Crippen LogP contribution in [0.3, 0.4) is 0 Å². The molecule has 0 fully saturated rings. The van der Waals surface area contributed by atoms with E-state index < -0.39 is 0 Å². The molecule has 1 amide bonds. The van der Waals surface area contributed by atoms with Gasteiger partial charge in [0.05, 0.1) is 0 Å². The predicted octanol–water partition coefficient (Wildman–Crippen LogP) is 4.15. The molecule has 0 aliphatic carbocycles. The molecule has 0 unspecified atom stereocenters. The van der Waals surface area contributed by atoms with E-state index in [4.69, 9.17) is 0 Å². The maximum atomic E-state index is 12.3. The van der Waals surface area contributed by atoms with E-state index in [1.807, 2.05) is 50.2 Å². The lowest BCUT2D eigenvalue weighted by molar-refractivity contribution is 0.102. The molecule has 23 heavy (non-hydrogen) atoms. The Morgan fingerprint density at radius 2 is 2.00 bits per heavy atom. The average molecular weight is 324 g/mol. The van der Waals surface area contributed by atoms with E-state index in [1.54, 1.807) is 11.6 Å². The first kappa shape index (κ1) is 15.2. The van der Waals surface area contributed by atoms with Gasteiger partial charge in [0.1, 0.15) is 11.5 Å². The number of anilines is 3. The molecule has 2 N–H and O–H groups in total. The van der Waals surface area contributed by atoms with Crippen LogP contribution in [0.25, 0.3) is 0 Å². The largest absolute Gasteiger partial charge is 0.320 e. The first-order valence-corrected chi connectivity index (χ1v) is 8.02. The van der Waals surface area contributed by atoms with Crippen molar-refractivity contribution in [1.29, 1.82) is 0 Å². The minimum Gasteiger partial charge on any atom is -0.320 e. The third-order valence-corrected chi connectivity index (χ3v) is 4.25. The van der Waals surface area contributed by atoms with Gasteiger partial charge in [-0.15, -0.1) is 11.3 Å². The van der Waals surface area contributed by atoms with E-state index in [-0.39, 0.29) is 5.91 Å². The smallest absolute Gasteiger partial charge is 0.275 e. The average Bonchev–Trinajstić information content (AvgIpc) is 3.01. The van der Waals surface area contributed by atoms with Gasteiger partial charge in [-0.25, -0.2) is 9.97 Å². The number of nitrogens with zero attached hydrogens (tertiary/aromatic N) is 2. The molecule has 2 heterocycles. The van der Waals surface area contributed by atoms with Crippen LogP contribution in [0, 0.1) is 13.8 Å². The fraction of sp³-hybridized carbons (Fsp3) is 0.118. The topological polar surface area (TPSA) is 66.9 Å². The van der Waals surface area contributed by atoms with E-state index in [0.29, 0.717) is 16.6 Å². The number of hydrogen-bond acceptors (Lipinski definition) is 5. The van der Waals surface area contributed by atoms with Crippen LogP contribution in [0.4, 0.5) is 16.6 Å². The number of rotatable bonds is 4. The molecule has 3 aromatic rings. The Hall–Kier alpha value is -2.73. The second-order valence-electron chi connectivity index (χ2n) is 5.08. The third kappa shape index (κ3) is 3.54. The molecular weight excluding hydrogens is 308 g/mol. The van der Waals surface area contributed by atoms with Gasteiger partial charge in [-0.2, -0.15) is 0 Å². The Balaban J connectivity index is 1.72. The molecule has 3 rings (SSSR count). The second-order valence-corrected chi connectivity index (χ2v) is 5.94. The Morgan fingerprint density at radius 1 is 1.13 bits per heavy atom. The highest BCUT2D eigenvalue weighted by molar-refractivity contribution is 7.14. The number of nitrogens with one attached hydrogen (secondary N) is 2. The fourth-order valence-electron chi connectivity index (χ4n) is 2.05. The summed E-state index contributed by atoms with van der Waals surface area (Å²) in [4.78, 5) is 20.8. The number of aryl methyl sites for hydroxylation is 1. The van der Waals surface area contributed by atoms with Gasteiger partial charge in [-0.1, -0.05) is 18.2 Å². The van der Waals surface area contributed by atoms with Gasteiger partial charge in [0, 0.05) is 17.3 Å². The van der Waals surface area contributed by atoms with Crippen LogP contribution in [-0.4, -0.2) is 15.9 Å². The summed E-state index contributed by atoms with van der Waals surface area (Å²) in [5.74, 6) is 0.479. The first-order chi connectivity index (χ1) is 11.1. The highest BCUT2D eigenvalue weighted by Crippen LogP contribution is 2.22.